The molecule has 1 aromatic heterocycles. The highest BCUT2D eigenvalue weighted by Gasteiger charge is 2.08. The van der Waals surface area contributed by atoms with Crippen LogP contribution in [0.1, 0.15) is 21.6 Å². The molecule has 98 valence electrons. The van der Waals surface area contributed by atoms with Crippen LogP contribution in [-0.2, 0) is 0 Å². The number of halogens is 1. The summed E-state index contributed by atoms with van der Waals surface area (Å²) in [5, 5.41) is 12.1. The van der Waals surface area contributed by atoms with Gasteiger partial charge in [-0.1, -0.05) is 6.07 Å². The van der Waals surface area contributed by atoms with Crippen molar-refractivity contribution in [1.29, 1.82) is 0 Å². The Morgan fingerprint density at radius 1 is 1.26 bits per heavy atom. The number of aryl methyl sites for hydroxylation is 2. The Hall–Kier alpha value is -1.88. The molecule has 0 amide bonds. The molecule has 4 nitrogen and oxygen atoms in total. The summed E-state index contributed by atoms with van der Waals surface area (Å²) in [6, 6.07) is 8.93. The third-order valence-electron chi connectivity index (χ3n) is 2.59. The van der Waals surface area contributed by atoms with Crippen molar-refractivity contribution in [2.24, 2.45) is 0 Å². The van der Waals surface area contributed by atoms with E-state index in [4.69, 9.17) is 5.11 Å². The summed E-state index contributed by atoms with van der Waals surface area (Å²) in [4.78, 5) is 15.3. The Kier molecular flexibility index (Phi) is 3.85. The number of carboxylic acids is 1. The second-order valence-electron chi connectivity index (χ2n) is 4.30. The van der Waals surface area contributed by atoms with Gasteiger partial charge in [-0.05, 0) is 59.6 Å². The molecule has 2 rings (SSSR count). The Bertz CT molecular complexity index is 641. The number of carbonyl (C=O) groups is 1. The first-order valence-electron chi connectivity index (χ1n) is 5.71. The number of hydrogen-bond acceptors (Lipinski definition) is 3. The fourth-order valence-corrected chi connectivity index (χ4v) is 2.31. The third-order valence-corrected chi connectivity index (χ3v) is 3.24. The van der Waals surface area contributed by atoms with Gasteiger partial charge >= 0.3 is 5.97 Å². The third kappa shape index (κ3) is 3.32. The van der Waals surface area contributed by atoms with Gasteiger partial charge < -0.3 is 10.4 Å². The van der Waals surface area contributed by atoms with E-state index < -0.39 is 5.97 Å². The van der Waals surface area contributed by atoms with Crippen molar-refractivity contribution < 1.29 is 9.90 Å². The Morgan fingerprint density at radius 2 is 2.00 bits per heavy atom. The van der Waals surface area contributed by atoms with E-state index in [-0.39, 0.29) is 5.56 Å². The van der Waals surface area contributed by atoms with E-state index >= 15 is 0 Å². The first kappa shape index (κ1) is 13.5. The van der Waals surface area contributed by atoms with Crippen molar-refractivity contribution in [3.05, 3.63) is 51.6 Å². The van der Waals surface area contributed by atoms with Crippen LogP contribution in [-0.4, -0.2) is 16.1 Å². The number of pyridine rings is 1. The normalized spacial score (nSPS) is 10.3. The van der Waals surface area contributed by atoms with Crippen LogP contribution in [0.5, 0.6) is 0 Å². The lowest BCUT2D eigenvalue weighted by atomic mass is 10.2. The molecular formula is C14H13BrN2O2. The molecule has 0 bridgehead atoms. The highest BCUT2D eigenvalue weighted by atomic mass is 79.9. The number of aromatic carboxylic acids is 1. The van der Waals surface area contributed by atoms with E-state index in [2.05, 4.69) is 26.2 Å². The number of benzene rings is 1. The molecule has 0 aliphatic rings. The van der Waals surface area contributed by atoms with Crippen LogP contribution >= 0.6 is 15.9 Å². The fourth-order valence-electron chi connectivity index (χ4n) is 1.72. The summed E-state index contributed by atoms with van der Waals surface area (Å²) in [6.45, 7) is 3.77. The zero-order valence-corrected chi connectivity index (χ0v) is 12.2. The van der Waals surface area contributed by atoms with Gasteiger partial charge in [-0.3, -0.25) is 0 Å². The molecule has 0 unspecified atom stereocenters. The largest absolute Gasteiger partial charge is 0.478 e. The van der Waals surface area contributed by atoms with E-state index in [9.17, 15) is 4.79 Å². The van der Waals surface area contributed by atoms with Crippen molar-refractivity contribution in [3.8, 4) is 0 Å². The van der Waals surface area contributed by atoms with Crippen molar-refractivity contribution >= 4 is 33.4 Å². The van der Waals surface area contributed by atoms with Crippen LogP contribution in [0.3, 0.4) is 0 Å². The maximum absolute atomic E-state index is 11.0. The molecule has 1 aromatic carbocycles. The zero-order valence-electron chi connectivity index (χ0n) is 10.6. The van der Waals surface area contributed by atoms with Gasteiger partial charge in [0.2, 0.25) is 0 Å². The van der Waals surface area contributed by atoms with Crippen LogP contribution in [0, 0.1) is 13.8 Å². The lowest BCUT2D eigenvalue weighted by molar-refractivity contribution is 0.0696. The number of anilines is 2. The monoisotopic (exact) mass is 320 g/mol. The molecule has 5 heteroatoms. The molecule has 0 saturated carbocycles. The molecule has 0 radical (unpaired) electrons. The van der Waals surface area contributed by atoms with Gasteiger partial charge in [0.15, 0.2) is 0 Å². The van der Waals surface area contributed by atoms with E-state index in [0.717, 1.165) is 15.7 Å². The molecule has 0 saturated heterocycles. The van der Waals surface area contributed by atoms with Crippen LogP contribution in [0.2, 0.25) is 0 Å². The number of nitrogens with zero attached hydrogens (tertiary/aromatic N) is 1. The maximum atomic E-state index is 11.0. The topological polar surface area (TPSA) is 62.2 Å². The quantitative estimate of drug-likeness (QED) is 0.900. The molecule has 1 heterocycles. The maximum Gasteiger partial charge on any atom is 0.335 e. The van der Waals surface area contributed by atoms with Crippen LogP contribution in [0.15, 0.2) is 34.8 Å². The van der Waals surface area contributed by atoms with Gasteiger partial charge in [0.25, 0.3) is 0 Å². The first-order valence-corrected chi connectivity index (χ1v) is 6.50. The molecule has 0 fully saturated rings. The minimum absolute atomic E-state index is 0.221. The van der Waals surface area contributed by atoms with Gasteiger partial charge in [0, 0.05) is 10.2 Å². The summed E-state index contributed by atoms with van der Waals surface area (Å²) in [5.74, 6) is -0.446. The van der Waals surface area contributed by atoms with E-state index in [0.29, 0.717) is 11.5 Å². The molecule has 2 aromatic rings. The fraction of sp³-hybridized carbons (Fsp3) is 0.143. The molecular weight excluding hydrogens is 308 g/mol. The summed E-state index contributed by atoms with van der Waals surface area (Å²) in [6.07, 6.45) is 0. The van der Waals surface area contributed by atoms with Crippen LogP contribution in [0.4, 0.5) is 11.5 Å². The minimum Gasteiger partial charge on any atom is -0.478 e. The predicted octanol–water partition coefficient (Wildman–Crippen LogP) is 3.90. The molecule has 0 aliphatic carbocycles. The Balaban J connectivity index is 2.35. The number of aromatic nitrogens is 1. The van der Waals surface area contributed by atoms with Crippen LogP contribution < -0.4 is 5.32 Å². The molecule has 2 N–H and O–H groups in total. The zero-order chi connectivity index (χ0) is 14.0. The molecule has 0 spiro atoms. The van der Waals surface area contributed by atoms with E-state index in [1.165, 1.54) is 12.1 Å². The van der Waals surface area contributed by atoms with Crippen LogP contribution in [0.25, 0.3) is 0 Å². The van der Waals surface area contributed by atoms with E-state index in [1.54, 1.807) is 6.92 Å². The number of hydrogen-bond donors (Lipinski definition) is 2. The summed E-state index contributed by atoms with van der Waals surface area (Å²) < 4.78 is 0.910. The van der Waals surface area contributed by atoms with Crippen molar-refractivity contribution in [2.75, 3.05) is 5.32 Å². The van der Waals surface area contributed by atoms with E-state index in [1.807, 2.05) is 25.1 Å². The van der Waals surface area contributed by atoms with Crippen molar-refractivity contribution in [1.82, 2.24) is 4.98 Å². The summed E-state index contributed by atoms with van der Waals surface area (Å²) in [5.41, 5.74) is 2.87. The van der Waals surface area contributed by atoms with Gasteiger partial charge in [0.1, 0.15) is 5.82 Å². The molecule has 0 atom stereocenters. The van der Waals surface area contributed by atoms with Crippen molar-refractivity contribution in [3.63, 3.8) is 0 Å². The molecule has 0 aliphatic heterocycles. The number of carboxylic acid groups (broad SMARTS) is 1. The van der Waals surface area contributed by atoms with Gasteiger partial charge in [-0.25, -0.2) is 9.78 Å². The minimum atomic E-state index is -0.962. The van der Waals surface area contributed by atoms with Gasteiger partial charge in [-0.2, -0.15) is 0 Å². The second kappa shape index (κ2) is 5.40. The standard InChI is InChI=1S/C14H13BrN2O2/c1-8-3-4-12(11(15)5-8)17-13-7-10(14(18)19)6-9(2)16-13/h3-7H,1-2H3,(H,16,17)(H,18,19). The Labute approximate surface area is 119 Å². The average Bonchev–Trinajstić information content (AvgIpc) is 2.32. The molecule has 19 heavy (non-hydrogen) atoms. The van der Waals surface area contributed by atoms with Crippen molar-refractivity contribution in [2.45, 2.75) is 13.8 Å². The Morgan fingerprint density at radius 3 is 2.63 bits per heavy atom. The average molecular weight is 321 g/mol. The first-order chi connectivity index (χ1) is 8.95. The highest BCUT2D eigenvalue weighted by molar-refractivity contribution is 9.10. The second-order valence-corrected chi connectivity index (χ2v) is 5.15. The lowest BCUT2D eigenvalue weighted by Crippen LogP contribution is -2.02. The SMILES string of the molecule is Cc1ccc(Nc2cc(C(=O)O)cc(C)n2)c(Br)c1. The smallest absolute Gasteiger partial charge is 0.335 e. The highest BCUT2D eigenvalue weighted by Crippen LogP contribution is 2.26. The van der Waals surface area contributed by atoms with Gasteiger partial charge in [-0.15, -0.1) is 0 Å². The predicted molar refractivity (Wildman–Crippen MR) is 78.1 cm³/mol. The van der Waals surface area contributed by atoms with Gasteiger partial charge in [0.05, 0.1) is 11.3 Å². The number of rotatable bonds is 3. The summed E-state index contributed by atoms with van der Waals surface area (Å²) in [7, 11) is 0. The summed E-state index contributed by atoms with van der Waals surface area (Å²) >= 11 is 3.46. The lowest BCUT2D eigenvalue weighted by Gasteiger charge is -2.10. The number of nitrogens with one attached hydrogen (secondary N) is 1.